The first-order valence-electron chi connectivity index (χ1n) is 15.7. The van der Waals surface area contributed by atoms with E-state index in [1.807, 2.05) is 0 Å². The SMILES string of the molecule is CCC(CC)C(=O)O[C@H]1[C@H](n2ccc(=O)[nH]c2=O)O[C@@](COP2(=O)OCC[C@@H](c3cccc(Cl)c3)O2)(N=[N+]=[N-])[C@H]1OC(=O)C(CC)CC. The Morgan fingerprint density at radius 2 is 1.79 bits per heavy atom. The van der Waals surface area contributed by atoms with Gasteiger partial charge in [0.25, 0.3) is 5.56 Å². The zero-order valence-electron chi connectivity index (χ0n) is 27.0. The van der Waals surface area contributed by atoms with E-state index in [1.54, 1.807) is 52.0 Å². The molecule has 1 aromatic heterocycles. The molecule has 0 aliphatic carbocycles. The number of rotatable bonds is 14. The van der Waals surface area contributed by atoms with Crippen LogP contribution in [0.15, 0.2) is 51.2 Å². The fraction of sp³-hybridized carbons (Fsp3) is 0.600. The molecule has 2 fully saturated rings. The van der Waals surface area contributed by atoms with Crippen LogP contribution in [0, 0.1) is 11.8 Å². The van der Waals surface area contributed by atoms with Gasteiger partial charge in [-0.05, 0) is 48.9 Å². The molecule has 2 aliphatic heterocycles. The summed E-state index contributed by atoms with van der Waals surface area (Å²) in [6, 6.07) is 7.76. The van der Waals surface area contributed by atoms with Gasteiger partial charge in [-0.25, -0.2) is 9.36 Å². The summed E-state index contributed by atoms with van der Waals surface area (Å²) < 4.78 is 49.6. The lowest BCUT2D eigenvalue weighted by molar-refractivity contribution is -0.178. The molecule has 0 amide bonds. The first-order valence-corrected chi connectivity index (χ1v) is 17.6. The van der Waals surface area contributed by atoms with Crippen molar-refractivity contribution < 1.29 is 41.9 Å². The maximum absolute atomic E-state index is 13.8. The van der Waals surface area contributed by atoms with Crippen LogP contribution in [0.3, 0.4) is 0 Å². The van der Waals surface area contributed by atoms with Crippen LogP contribution in [0.4, 0.5) is 0 Å². The minimum Gasteiger partial charge on any atom is -0.455 e. The number of phosphoric ester groups is 1. The molecule has 2 aromatic rings. The molecule has 3 heterocycles. The molecule has 2 saturated heterocycles. The van der Waals surface area contributed by atoms with Gasteiger partial charge in [0.2, 0.25) is 5.72 Å². The molecule has 0 spiro atoms. The molecule has 16 nitrogen and oxygen atoms in total. The number of aromatic amines is 1. The Balaban J connectivity index is 1.79. The fourth-order valence-electron chi connectivity index (χ4n) is 5.55. The van der Waals surface area contributed by atoms with Gasteiger partial charge in [-0.3, -0.25) is 37.5 Å². The molecule has 0 radical (unpaired) electrons. The van der Waals surface area contributed by atoms with Crippen LogP contribution < -0.4 is 11.2 Å². The number of carbonyl (C=O) groups is 2. The summed E-state index contributed by atoms with van der Waals surface area (Å²) in [5, 5.41) is 4.23. The fourth-order valence-corrected chi connectivity index (χ4v) is 7.16. The first kappa shape index (κ1) is 37.3. The highest BCUT2D eigenvalue weighted by Gasteiger charge is 2.62. The van der Waals surface area contributed by atoms with Crippen molar-refractivity contribution in [2.75, 3.05) is 13.2 Å². The average molecular weight is 712 g/mol. The number of phosphoric acid groups is 1. The molecule has 2 aliphatic rings. The second kappa shape index (κ2) is 16.3. The minimum atomic E-state index is -4.41. The number of carbonyl (C=O) groups excluding carboxylic acids is 2. The minimum absolute atomic E-state index is 0.0397. The van der Waals surface area contributed by atoms with Crippen molar-refractivity contribution in [1.29, 1.82) is 0 Å². The summed E-state index contributed by atoms with van der Waals surface area (Å²) in [4.78, 5) is 56.7. The Kier molecular flexibility index (Phi) is 12.7. The van der Waals surface area contributed by atoms with Crippen molar-refractivity contribution >= 4 is 31.4 Å². The first-order chi connectivity index (χ1) is 22.9. The Hall–Kier alpha value is -3.49. The molecule has 1 aromatic carbocycles. The van der Waals surface area contributed by atoms with Crippen molar-refractivity contribution in [2.24, 2.45) is 17.0 Å². The van der Waals surface area contributed by atoms with Crippen LogP contribution in [0.2, 0.25) is 5.02 Å². The summed E-state index contributed by atoms with van der Waals surface area (Å²) in [5.74, 6) is -2.63. The lowest BCUT2D eigenvalue weighted by atomic mass is 10.0. The molecule has 1 unspecified atom stereocenters. The van der Waals surface area contributed by atoms with Gasteiger partial charge in [0, 0.05) is 28.6 Å². The number of benzene rings is 1. The molecule has 262 valence electrons. The summed E-state index contributed by atoms with van der Waals surface area (Å²) in [5.41, 5.74) is 6.30. The van der Waals surface area contributed by atoms with E-state index in [0.717, 1.165) is 16.8 Å². The molecule has 48 heavy (non-hydrogen) atoms. The zero-order valence-corrected chi connectivity index (χ0v) is 28.6. The molecular formula is C30H39ClN5O11P. The van der Waals surface area contributed by atoms with E-state index in [-0.39, 0.29) is 6.61 Å². The Morgan fingerprint density at radius 1 is 1.12 bits per heavy atom. The topological polar surface area (TPSA) is 210 Å². The van der Waals surface area contributed by atoms with E-state index < -0.39 is 79.7 Å². The molecule has 0 bridgehead atoms. The largest absolute Gasteiger partial charge is 0.475 e. The number of nitrogens with zero attached hydrogens (tertiary/aromatic N) is 4. The van der Waals surface area contributed by atoms with Crippen LogP contribution in [0.5, 0.6) is 0 Å². The number of hydrogen-bond acceptors (Lipinski definition) is 12. The summed E-state index contributed by atoms with van der Waals surface area (Å²) in [6.45, 7) is 6.18. The standard InChI is InChI=1S/C30H39ClN5O11P/c1-5-18(6-2)27(38)44-24-25(45-28(39)19(7-3)8-4)30(34-35-32,46-26(24)36-14-12-23(37)33-29(36)40)17-43-48(41)42-15-13-22(47-48)20-10-9-11-21(31)16-20/h9-12,14,16,18-19,22,24-26H,5-8,13,15,17H2,1-4H3,(H,33,37,40)/t22-,24+,25-,26+,30+,48?/m0/s1. The number of aromatic nitrogens is 2. The van der Waals surface area contributed by atoms with Gasteiger partial charge < -0.3 is 14.2 Å². The number of H-pyrrole nitrogens is 1. The average Bonchev–Trinajstić information content (AvgIpc) is 3.33. The predicted octanol–water partition coefficient (Wildman–Crippen LogP) is 5.72. The van der Waals surface area contributed by atoms with Gasteiger partial charge in [-0.1, -0.05) is 56.5 Å². The number of azide groups is 1. The van der Waals surface area contributed by atoms with E-state index in [4.69, 9.17) is 39.4 Å². The molecule has 0 saturated carbocycles. The Labute approximate surface area is 281 Å². The second-order valence-corrected chi connectivity index (χ2v) is 13.4. The highest BCUT2D eigenvalue weighted by Crippen LogP contribution is 2.58. The van der Waals surface area contributed by atoms with Gasteiger partial charge >= 0.3 is 25.5 Å². The number of nitrogens with one attached hydrogen (secondary N) is 1. The van der Waals surface area contributed by atoms with Gasteiger partial charge in [0.1, 0.15) is 0 Å². The van der Waals surface area contributed by atoms with E-state index in [1.165, 1.54) is 0 Å². The Morgan fingerprint density at radius 3 is 2.40 bits per heavy atom. The normalized spacial score (nSPS) is 27.1. The smallest absolute Gasteiger partial charge is 0.455 e. The van der Waals surface area contributed by atoms with Gasteiger partial charge in [-0.15, -0.1) is 0 Å². The molecule has 1 N–H and O–H groups in total. The van der Waals surface area contributed by atoms with Crippen molar-refractivity contribution in [3.8, 4) is 0 Å². The lowest BCUT2D eigenvalue weighted by Crippen LogP contribution is -2.50. The van der Waals surface area contributed by atoms with E-state index in [2.05, 4.69) is 15.0 Å². The van der Waals surface area contributed by atoms with Crippen LogP contribution >= 0.6 is 19.4 Å². The quantitative estimate of drug-likeness (QED) is 0.0822. The van der Waals surface area contributed by atoms with Crippen LogP contribution in [0.25, 0.3) is 10.4 Å². The van der Waals surface area contributed by atoms with E-state index in [0.29, 0.717) is 42.7 Å². The number of halogens is 1. The van der Waals surface area contributed by atoms with Crippen LogP contribution in [-0.2, 0) is 41.9 Å². The molecule has 6 atom stereocenters. The van der Waals surface area contributed by atoms with Crippen LogP contribution in [-0.4, -0.2) is 52.6 Å². The number of esters is 2. The second-order valence-electron chi connectivity index (χ2n) is 11.3. The van der Waals surface area contributed by atoms with Crippen molar-refractivity contribution in [3.05, 3.63) is 78.4 Å². The lowest BCUT2D eigenvalue weighted by Gasteiger charge is -2.34. The molecular weight excluding hydrogens is 673 g/mol. The third-order valence-corrected chi connectivity index (χ3v) is 10.0. The third kappa shape index (κ3) is 8.38. The van der Waals surface area contributed by atoms with E-state index >= 15 is 0 Å². The van der Waals surface area contributed by atoms with Crippen LogP contribution in [0.1, 0.15) is 77.7 Å². The van der Waals surface area contributed by atoms with Crippen molar-refractivity contribution in [3.63, 3.8) is 0 Å². The Bertz CT molecular complexity index is 1670. The summed E-state index contributed by atoms with van der Waals surface area (Å²) >= 11 is 6.14. The summed E-state index contributed by atoms with van der Waals surface area (Å²) in [7, 11) is -4.41. The van der Waals surface area contributed by atoms with Gasteiger partial charge in [-0.2, -0.15) is 0 Å². The molecule has 18 heteroatoms. The van der Waals surface area contributed by atoms with Crippen molar-refractivity contribution in [2.45, 2.75) is 90.1 Å². The zero-order chi connectivity index (χ0) is 35.1. The van der Waals surface area contributed by atoms with Gasteiger partial charge in [0.05, 0.1) is 31.2 Å². The van der Waals surface area contributed by atoms with E-state index in [9.17, 15) is 29.3 Å². The van der Waals surface area contributed by atoms with Crippen molar-refractivity contribution in [1.82, 2.24) is 9.55 Å². The maximum atomic E-state index is 13.8. The monoisotopic (exact) mass is 711 g/mol. The predicted molar refractivity (Wildman–Crippen MR) is 171 cm³/mol. The summed E-state index contributed by atoms with van der Waals surface area (Å²) in [6.07, 6.45) is -2.73. The maximum Gasteiger partial charge on any atom is 0.475 e. The highest BCUT2D eigenvalue weighted by atomic mass is 35.5. The highest BCUT2D eigenvalue weighted by molar-refractivity contribution is 7.48. The third-order valence-electron chi connectivity index (χ3n) is 8.36. The number of hydrogen-bond donors (Lipinski definition) is 1. The van der Waals surface area contributed by atoms with Gasteiger partial charge in [0.15, 0.2) is 18.4 Å². The number of ether oxygens (including phenoxy) is 3. The molecule has 4 rings (SSSR count).